The van der Waals surface area contributed by atoms with Crippen molar-refractivity contribution < 1.29 is 22.4 Å². The second kappa shape index (κ2) is 7.96. The van der Waals surface area contributed by atoms with Crippen LogP contribution in [0.25, 0.3) is 11.3 Å². The van der Waals surface area contributed by atoms with E-state index in [-0.39, 0.29) is 16.1 Å². The molecule has 3 heterocycles. The third-order valence-electron chi connectivity index (χ3n) is 4.56. The molecule has 2 aliphatic heterocycles. The number of carbonyl (C=O) groups is 1. The van der Waals surface area contributed by atoms with Gasteiger partial charge in [-0.15, -0.1) is 0 Å². The Balaban J connectivity index is 1.48. The lowest BCUT2D eigenvalue weighted by molar-refractivity contribution is -0.118. The Morgan fingerprint density at radius 1 is 1.14 bits per heavy atom. The summed E-state index contributed by atoms with van der Waals surface area (Å²) in [4.78, 5) is 12.0. The van der Waals surface area contributed by atoms with Crippen LogP contribution in [-0.2, 0) is 26.0 Å². The van der Waals surface area contributed by atoms with E-state index in [1.54, 1.807) is 24.3 Å². The summed E-state index contributed by atoms with van der Waals surface area (Å²) >= 11 is 6.32. The minimum absolute atomic E-state index is 0.106. The third kappa shape index (κ3) is 4.01. The minimum Gasteiger partial charge on any atom is -0.461 e. The standard InChI is InChI=1S/C18H18N2O5S3/c21-17-16(27-18(26)19-17)11-13-3-6-15(25-13)12-1-4-14(5-2-12)28(22,23)20-7-9-24-10-8-20/h1-6,16H,7-11H2,(H,19,21,26). The van der Waals surface area contributed by atoms with E-state index in [4.69, 9.17) is 21.4 Å². The number of rotatable bonds is 5. The van der Waals surface area contributed by atoms with Crippen molar-refractivity contribution in [3.63, 3.8) is 0 Å². The van der Waals surface area contributed by atoms with Crippen molar-refractivity contribution in [1.29, 1.82) is 0 Å². The van der Waals surface area contributed by atoms with Gasteiger partial charge in [-0.2, -0.15) is 4.31 Å². The highest BCUT2D eigenvalue weighted by molar-refractivity contribution is 8.24. The van der Waals surface area contributed by atoms with Gasteiger partial charge in [0.05, 0.1) is 23.4 Å². The molecule has 1 unspecified atom stereocenters. The number of amides is 1. The molecule has 2 saturated heterocycles. The SMILES string of the molecule is O=C1NC(=S)SC1Cc1ccc(-c2ccc(S(=O)(=O)N3CCOCC3)cc2)o1. The molecule has 10 heteroatoms. The van der Waals surface area contributed by atoms with E-state index in [0.717, 1.165) is 5.56 Å². The van der Waals surface area contributed by atoms with E-state index in [9.17, 15) is 13.2 Å². The van der Waals surface area contributed by atoms with Gasteiger partial charge in [0.2, 0.25) is 15.9 Å². The van der Waals surface area contributed by atoms with E-state index in [1.807, 2.05) is 12.1 Å². The van der Waals surface area contributed by atoms with Crippen molar-refractivity contribution in [2.75, 3.05) is 26.3 Å². The molecule has 1 aromatic heterocycles. The van der Waals surface area contributed by atoms with Crippen molar-refractivity contribution in [2.24, 2.45) is 0 Å². The number of carbonyl (C=O) groups excluding carboxylic acids is 1. The Morgan fingerprint density at radius 2 is 1.86 bits per heavy atom. The summed E-state index contributed by atoms with van der Waals surface area (Å²) in [6.45, 7) is 1.55. The Morgan fingerprint density at radius 3 is 2.50 bits per heavy atom. The van der Waals surface area contributed by atoms with Crippen LogP contribution in [-0.4, -0.2) is 54.5 Å². The van der Waals surface area contributed by atoms with Crippen LogP contribution in [0, 0.1) is 0 Å². The largest absolute Gasteiger partial charge is 0.461 e. The molecule has 1 N–H and O–H groups in total. The van der Waals surface area contributed by atoms with Crippen LogP contribution in [0.5, 0.6) is 0 Å². The maximum absolute atomic E-state index is 12.7. The summed E-state index contributed by atoms with van der Waals surface area (Å²) in [7, 11) is -3.52. The number of nitrogens with zero attached hydrogens (tertiary/aromatic N) is 1. The van der Waals surface area contributed by atoms with Gasteiger partial charge >= 0.3 is 0 Å². The average Bonchev–Trinajstić information content (AvgIpc) is 3.29. The van der Waals surface area contributed by atoms with Crippen molar-refractivity contribution in [3.8, 4) is 11.3 Å². The first kappa shape index (κ1) is 19.6. The second-order valence-electron chi connectivity index (χ2n) is 6.39. The summed E-state index contributed by atoms with van der Waals surface area (Å²) in [5.74, 6) is 1.19. The van der Waals surface area contributed by atoms with E-state index in [0.29, 0.717) is 48.6 Å². The molecule has 148 valence electrons. The van der Waals surface area contributed by atoms with Crippen LogP contribution in [0.2, 0.25) is 0 Å². The van der Waals surface area contributed by atoms with Crippen molar-refractivity contribution in [1.82, 2.24) is 9.62 Å². The van der Waals surface area contributed by atoms with Crippen molar-refractivity contribution in [3.05, 3.63) is 42.2 Å². The lowest BCUT2D eigenvalue weighted by atomic mass is 10.2. The van der Waals surface area contributed by atoms with E-state index >= 15 is 0 Å². The van der Waals surface area contributed by atoms with Gasteiger partial charge < -0.3 is 14.5 Å². The summed E-state index contributed by atoms with van der Waals surface area (Å²) in [5.41, 5.74) is 0.770. The first-order valence-corrected chi connectivity index (χ1v) is 11.4. The molecule has 28 heavy (non-hydrogen) atoms. The molecule has 7 nitrogen and oxygen atoms in total. The third-order valence-corrected chi connectivity index (χ3v) is 7.85. The quantitative estimate of drug-likeness (QED) is 0.715. The van der Waals surface area contributed by atoms with Crippen molar-refractivity contribution in [2.45, 2.75) is 16.6 Å². The van der Waals surface area contributed by atoms with E-state index in [1.165, 1.54) is 16.1 Å². The van der Waals surface area contributed by atoms with Gasteiger partial charge in [0.25, 0.3) is 0 Å². The van der Waals surface area contributed by atoms with E-state index < -0.39 is 10.0 Å². The van der Waals surface area contributed by atoms with Gasteiger partial charge in [-0.1, -0.05) is 24.0 Å². The molecule has 2 fully saturated rings. The number of sulfonamides is 1. The van der Waals surface area contributed by atoms with Crippen LogP contribution < -0.4 is 5.32 Å². The predicted molar refractivity (Wildman–Crippen MR) is 110 cm³/mol. The molecule has 1 aromatic carbocycles. The number of thioether (sulfide) groups is 1. The second-order valence-corrected chi connectivity index (χ2v) is 10.2. The van der Waals surface area contributed by atoms with Gasteiger partial charge in [-0.3, -0.25) is 4.79 Å². The van der Waals surface area contributed by atoms with Crippen LogP contribution in [0.4, 0.5) is 0 Å². The molecular weight excluding hydrogens is 420 g/mol. The average molecular weight is 439 g/mol. The Hall–Kier alpha value is -1.72. The Kier molecular flexibility index (Phi) is 5.57. The highest BCUT2D eigenvalue weighted by Crippen LogP contribution is 2.28. The lowest BCUT2D eigenvalue weighted by Crippen LogP contribution is -2.40. The summed E-state index contributed by atoms with van der Waals surface area (Å²) in [6, 6.07) is 10.3. The maximum Gasteiger partial charge on any atom is 0.243 e. The maximum atomic E-state index is 12.7. The fourth-order valence-corrected chi connectivity index (χ4v) is 5.77. The fourth-order valence-electron chi connectivity index (χ4n) is 3.08. The number of ether oxygens (including phenoxy) is 1. The number of morpholine rings is 1. The van der Waals surface area contributed by atoms with Gasteiger partial charge in [0.15, 0.2) is 0 Å². The number of nitrogens with one attached hydrogen (secondary N) is 1. The first-order chi connectivity index (χ1) is 13.4. The number of hydrogen-bond acceptors (Lipinski definition) is 7. The minimum atomic E-state index is -3.52. The molecule has 0 aliphatic carbocycles. The highest BCUT2D eigenvalue weighted by atomic mass is 32.2. The number of hydrogen-bond donors (Lipinski definition) is 1. The van der Waals surface area contributed by atoms with E-state index in [2.05, 4.69) is 5.32 Å². The molecular formula is C18H18N2O5S3. The fraction of sp³-hybridized carbons (Fsp3) is 0.333. The molecule has 0 saturated carbocycles. The number of furan rings is 1. The van der Waals surface area contributed by atoms with Gasteiger partial charge in [-0.05, 0) is 36.4 Å². The number of benzene rings is 1. The van der Waals surface area contributed by atoms with Crippen molar-refractivity contribution >= 4 is 44.2 Å². The normalized spacial score (nSPS) is 21.1. The van der Waals surface area contributed by atoms with Gasteiger partial charge in [0, 0.05) is 25.1 Å². The molecule has 0 radical (unpaired) electrons. The summed E-state index contributed by atoms with van der Waals surface area (Å²) in [6.07, 6.45) is 0.445. The summed E-state index contributed by atoms with van der Waals surface area (Å²) in [5, 5.41) is 2.33. The zero-order valence-electron chi connectivity index (χ0n) is 14.8. The number of thiocarbonyl (C=S) groups is 1. The predicted octanol–water partition coefficient (Wildman–Crippen LogP) is 2.03. The first-order valence-electron chi connectivity index (χ1n) is 8.72. The highest BCUT2D eigenvalue weighted by Gasteiger charge is 2.30. The Bertz CT molecular complexity index is 994. The molecule has 0 bridgehead atoms. The van der Waals surface area contributed by atoms with Crippen LogP contribution in [0.3, 0.4) is 0 Å². The molecule has 1 atom stereocenters. The smallest absolute Gasteiger partial charge is 0.243 e. The Labute approximate surface area is 172 Å². The summed E-state index contributed by atoms with van der Waals surface area (Å²) < 4.78 is 38.4. The molecule has 0 spiro atoms. The van der Waals surface area contributed by atoms with Gasteiger partial charge in [0.1, 0.15) is 15.8 Å². The van der Waals surface area contributed by atoms with Gasteiger partial charge in [-0.25, -0.2) is 8.42 Å². The molecule has 1 amide bonds. The zero-order chi connectivity index (χ0) is 19.7. The molecule has 2 aromatic rings. The monoisotopic (exact) mass is 438 g/mol. The molecule has 4 rings (SSSR count). The molecule has 2 aliphatic rings. The zero-order valence-corrected chi connectivity index (χ0v) is 17.2. The van der Waals surface area contributed by atoms with Crippen LogP contribution in [0.1, 0.15) is 5.76 Å². The topological polar surface area (TPSA) is 88.9 Å². The lowest BCUT2D eigenvalue weighted by Gasteiger charge is -2.26. The van der Waals surface area contributed by atoms with Crippen LogP contribution in [0.15, 0.2) is 45.7 Å². The van der Waals surface area contributed by atoms with Crippen LogP contribution >= 0.6 is 24.0 Å².